The Morgan fingerprint density at radius 1 is 1.20 bits per heavy atom. The van der Waals surface area contributed by atoms with Crippen LogP contribution in [-0.2, 0) is 0 Å². The molecule has 0 amide bonds. The molecule has 0 saturated carbocycles. The van der Waals surface area contributed by atoms with Gasteiger partial charge in [-0.1, -0.05) is 0 Å². The van der Waals surface area contributed by atoms with Crippen LogP contribution < -0.4 is 9.47 Å². The van der Waals surface area contributed by atoms with Crippen LogP contribution in [0.15, 0.2) is 18.2 Å². The normalized spacial score (nSPS) is 24.4. The molecule has 0 N–H and O–H groups in total. The second kappa shape index (κ2) is 3.93. The van der Waals surface area contributed by atoms with Crippen molar-refractivity contribution in [3.05, 3.63) is 23.8 Å². The molecule has 1 aromatic carbocycles. The molecule has 0 saturated heterocycles. The summed E-state index contributed by atoms with van der Waals surface area (Å²) < 4.78 is 11.4. The van der Waals surface area contributed by atoms with Gasteiger partial charge in [0.05, 0.1) is 12.2 Å². The van der Waals surface area contributed by atoms with E-state index in [1.54, 1.807) is 18.2 Å². The van der Waals surface area contributed by atoms with Gasteiger partial charge >= 0.3 is 0 Å². The van der Waals surface area contributed by atoms with Crippen LogP contribution in [0.5, 0.6) is 11.5 Å². The fraction of sp³-hybridized carbons (Fsp3) is 0.417. The Labute approximate surface area is 89.0 Å². The topological polar surface area (TPSA) is 35.5 Å². The van der Waals surface area contributed by atoms with Crippen LogP contribution in [0.2, 0.25) is 0 Å². The van der Waals surface area contributed by atoms with Gasteiger partial charge in [0.1, 0.15) is 6.29 Å². The Balaban J connectivity index is 2.37. The summed E-state index contributed by atoms with van der Waals surface area (Å²) in [5.41, 5.74) is 0.610. The summed E-state index contributed by atoms with van der Waals surface area (Å²) in [7, 11) is 0. The van der Waals surface area contributed by atoms with Crippen molar-refractivity contribution in [1.29, 1.82) is 0 Å². The van der Waals surface area contributed by atoms with E-state index in [-0.39, 0.29) is 12.2 Å². The number of hydrogen-bond donors (Lipinski definition) is 0. The number of ether oxygens (including phenoxy) is 2. The van der Waals surface area contributed by atoms with Crippen molar-refractivity contribution in [1.82, 2.24) is 0 Å². The van der Waals surface area contributed by atoms with Gasteiger partial charge in [-0.2, -0.15) is 0 Å². The van der Waals surface area contributed by atoms with Crippen LogP contribution in [0.4, 0.5) is 0 Å². The molecular formula is C12H14O3. The van der Waals surface area contributed by atoms with E-state index in [1.165, 1.54) is 0 Å². The number of hydrogen-bond acceptors (Lipinski definition) is 3. The first-order chi connectivity index (χ1) is 7.19. The van der Waals surface area contributed by atoms with Gasteiger partial charge in [0.15, 0.2) is 11.5 Å². The van der Waals surface area contributed by atoms with Crippen molar-refractivity contribution in [3.8, 4) is 11.5 Å². The summed E-state index contributed by atoms with van der Waals surface area (Å²) in [6, 6.07) is 5.24. The molecule has 0 bridgehead atoms. The fourth-order valence-electron chi connectivity index (χ4n) is 1.78. The molecule has 2 unspecified atom stereocenters. The van der Waals surface area contributed by atoms with E-state index in [0.717, 1.165) is 18.5 Å². The maximum atomic E-state index is 10.6. The molecule has 15 heavy (non-hydrogen) atoms. The van der Waals surface area contributed by atoms with Crippen LogP contribution in [0.3, 0.4) is 0 Å². The fourth-order valence-corrected chi connectivity index (χ4v) is 1.78. The number of benzene rings is 1. The summed E-state index contributed by atoms with van der Waals surface area (Å²) in [6.07, 6.45) is 1.92. The highest BCUT2D eigenvalue weighted by Crippen LogP contribution is 2.33. The molecule has 0 spiro atoms. The van der Waals surface area contributed by atoms with E-state index < -0.39 is 0 Å². The summed E-state index contributed by atoms with van der Waals surface area (Å²) in [5, 5.41) is 0. The molecule has 0 aromatic heterocycles. The second-order valence-electron chi connectivity index (χ2n) is 3.92. The Morgan fingerprint density at radius 2 is 1.87 bits per heavy atom. The third-order valence-corrected chi connectivity index (χ3v) is 2.42. The Bertz CT molecular complexity index is 373. The molecule has 1 aromatic rings. The molecule has 1 aliphatic heterocycles. The number of fused-ring (bicyclic) bond motifs is 1. The predicted molar refractivity (Wildman–Crippen MR) is 56.6 cm³/mol. The Morgan fingerprint density at radius 3 is 2.53 bits per heavy atom. The summed E-state index contributed by atoms with van der Waals surface area (Å²) >= 11 is 0. The van der Waals surface area contributed by atoms with Gasteiger partial charge in [0, 0.05) is 12.0 Å². The zero-order chi connectivity index (χ0) is 10.8. The highest BCUT2D eigenvalue weighted by Gasteiger charge is 2.20. The highest BCUT2D eigenvalue weighted by molar-refractivity contribution is 5.76. The molecule has 3 heteroatoms. The summed E-state index contributed by atoms with van der Waals surface area (Å²) in [5.74, 6) is 1.38. The van der Waals surface area contributed by atoms with E-state index >= 15 is 0 Å². The zero-order valence-corrected chi connectivity index (χ0v) is 8.90. The standard InChI is InChI=1S/C12H14O3/c1-8-5-9(2)15-12-6-10(7-13)3-4-11(12)14-8/h3-4,6-9H,5H2,1-2H3. The first-order valence-electron chi connectivity index (χ1n) is 5.11. The molecule has 3 nitrogen and oxygen atoms in total. The van der Waals surface area contributed by atoms with Gasteiger partial charge in [0.2, 0.25) is 0 Å². The highest BCUT2D eigenvalue weighted by atomic mass is 16.5. The minimum atomic E-state index is 0.114. The summed E-state index contributed by atoms with van der Waals surface area (Å²) in [6.45, 7) is 4.02. The van der Waals surface area contributed by atoms with E-state index in [1.807, 2.05) is 13.8 Å². The zero-order valence-electron chi connectivity index (χ0n) is 8.90. The second-order valence-corrected chi connectivity index (χ2v) is 3.92. The monoisotopic (exact) mass is 206 g/mol. The molecule has 1 heterocycles. The van der Waals surface area contributed by atoms with E-state index in [2.05, 4.69) is 0 Å². The Hall–Kier alpha value is -1.51. The molecule has 0 aliphatic carbocycles. The van der Waals surface area contributed by atoms with Crippen LogP contribution in [0, 0.1) is 0 Å². The maximum absolute atomic E-state index is 10.6. The minimum Gasteiger partial charge on any atom is -0.487 e. The third kappa shape index (κ3) is 2.12. The van der Waals surface area contributed by atoms with Crippen LogP contribution in [-0.4, -0.2) is 18.5 Å². The Kier molecular flexibility index (Phi) is 2.62. The molecule has 80 valence electrons. The number of rotatable bonds is 1. The molecular weight excluding hydrogens is 192 g/mol. The van der Waals surface area contributed by atoms with E-state index in [9.17, 15) is 4.79 Å². The molecule has 0 fully saturated rings. The minimum absolute atomic E-state index is 0.114. The van der Waals surface area contributed by atoms with Gasteiger partial charge in [-0.25, -0.2) is 0 Å². The lowest BCUT2D eigenvalue weighted by Gasteiger charge is -2.11. The number of carbonyl (C=O) groups excluding carboxylic acids is 1. The van der Waals surface area contributed by atoms with Crippen molar-refractivity contribution in [3.63, 3.8) is 0 Å². The molecule has 1 aliphatic rings. The number of carbonyl (C=O) groups is 1. The van der Waals surface area contributed by atoms with Crippen molar-refractivity contribution in [2.75, 3.05) is 0 Å². The van der Waals surface area contributed by atoms with Gasteiger partial charge < -0.3 is 9.47 Å². The van der Waals surface area contributed by atoms with Crippen molar-refractivity contribution in [2.24, 2.45) is 0 Å². The maximum Gasteiger partial charge on any atom is 0.162 e. The molecule has 0 radical (unpaired) electrons. The lowest BCUT2D eigenvalue weighted by atomic mass is 10.2. The third-order valence-electron chi connectivity index (χ3n) is 2.42. The average Bonchev–Trinajstić information content (AvgIpc) is 2.33. The van der Waals surface area contributed by atoms with Crippen molar-refractivity contribution >= 4 is 6.29 Å². The molecule has 2 atom stereocenters. The van der Waals surface area contributed by atoms with Gasteiger partial charge in [-0.15, -0.1) is 0 Å². The first kappa shape index (κ1) is 10.0. The summed E-state index contributed by atoms with van der Waals surface area (Å²) in [4.78, 5) is 10.6. The van der Waals surface area contributed by atoms with Gasteiger partial charge in [-0.05, 0) is 32.0 Å². The van der Waals surface area contributed by atoms with Crippen LogP contribution >= 0.6 is 0 Å². The quantitative estimate of drug-likeness (QED) is 0.662. The van der Waals surface area contributed by atoms with Crippen LogP contribution in [0.1, 0.15) is 30.6 Å². The number of aldehydes is 1. The lowest BCUT2D eigenvalue weighted by molar-refractivity contribution is 0.112. The lowest BCUT2D eigenvalue weighted by Crippen LogP contribution is -2.18. The first-order valence-corrected chi connectivity index (χ1v) is 5.11. The largest absolute Gasteiger partial charge is 0.487 e. The van der Waals surface area contributed by atoms with Gasteiger partial charge in [0.25, 0.3) is 0 Å². The smallest absolute Gasteiger partial charge is 0.162 e. The predicted octanol–water partition coefficient (Wildman–Crippen LogP) is 2.44. The molecule has 2 rings (SSSR count). The van der Waals surface area contributed by atoms with Crippen LogP contribution in [0.25, 0.3) is 0 Å². The van der Waals surface area contributed by atoms with Gasteiger partial charge in [-0.3, -0.25) is 4.79 Å². The van der Waals surface area contributed by atoms with Crippen molar-refractivity contribution < 1.29 is 14.3 Å². The van der Waals surface area contributed by atoms with Crippen molar-refractivity contribution in [2.45, 2.75) is 32.5 Å². The van der Waals surface area contributed by atoms with E-state index in [0.29, 0.717) is 11.3 Å². The average molecular weight is 206 g/mol. The van der Waals surface area contributed by atoms with E-state index in [4.69, 9.17) is 9.47 Å². The SMILES string of the molecule is CC1CC(C)Oc2cc(C=O)ccc2O1.